The molecule has 20 heavy (non-hydrogen) atoms. The maximum atomic E-state index is 4.53. The lowest BCUT2D eigenvalue weighted by Gasteiger charge is -2.37. The lowest BCUT2D eigenvalue weighted by atomic mass is 9.98. The van der Waals surface area contributed by atoms with Gasteiger partial charge < -0.3 is 10.2 Å². The minimum atomic E-state index is 0.634. The Balaban J connectivity index is 1.53. The second kappa shape index (κ2) is 4.71. The van der Waals surface area contributed by atoms with Gasteiger partial charge in [0.25, 0.3) is 0 Å². The van der Waals surface area contributed by atoms with Crippen LogP contribution in [-0.2, 0) is 0 Å². The van der Waals surface area contributed by atoms with Crippen molar-refractivity contribution in [3.8, 4) is 0 Å². The Hall–Kier alpha value is -1.13. The van der Waals surface area contributed by atoms with Crippen molar-refractivity contribution < 1.29 is 0 Å². The highest BCUT2D eigenvalue weighted by molar-refractivity contribution is 7.18. The molecule has 0 spiro atoms. The molecule has 1 aromatic carbocycles. The van der Waals surface area contributed by atoms with Crippen LogP contribution < -0.4 is 5.32 Å². The molecule has 3 nitrogen and oxygen atoms in total. The second-order valence-electron chi connectivity index (χ2n) is 6.28. The summed E-state index contributed by atoms with van der Waals surface area (Å²) < 4.78 is 1.29. The Bertz CT molecular complexity index is 622. The first-order valence-electron chi connectivity index (χ1n) is 7.55. The molecule has 2 aliphatic rings. The van der Waals surface area contributed by atoms with Crippen LogP contribution in [0.4, 0.5) is 5.69 Å². The molecule has 2 aliphatic heterocycles. The minimum Gasteiger partial charge on any atom is -0.382 e. The number of aryl methyl sites for hydroxylation is 1. The Morgan fingerprint density at radius 2 is 2.00 bits per heavy atom. The molecule has 0 saturated carbocycles. The van der Waals surface area contributed by atoms with Gasteiger partial charge in [-0.05, 0) is 57.9 Å². The fraction of sp³-hybridized carbons (Fsp3) is 0.562. The van der Waals surface area contributed by atoms with E-state index in [1.165, 1.54) is 36.1 Å². The zero-order valence-electron chi connectivity index (χ0n) is 12.1. The van der Waals surface area contributed by atoms with Crippen LogP contribution in [0, 0.1) is 6.92 Å². The molecule has 106 valence electrons. The lowest BCUT2D eigenvalue weighted by Crippen LogP contribution is -2.44. The molecular formula is C16H21N3S. The summed E-state index contributed by atoms with van der Waals surface area (Å²) in [6.45, 7) is 2.08. The largest absolute Gasteiger partial charge is 0.382 e. The van der Waals surface area contributed by atoms with E-state index < -0.39 is 0 Å². The molecule has 1 aromatic heterocycles. The molecule has 2 bridgehead atoms. The van der Waals surface area contributed by atoms with E-state index in [2.05, 4.69) is 47.4 Å². The highest BCUT2D eigenvalue weighted by Gasteiger charge is 2.38. The Morgan fingerprint density at radius 1 is 1.25 bits per heavy atom. The molecule has 2 unspecified atom stereocenters. The van der Waals surface area contributed by atoms with Gasteiger partial charge in [0.05, 0.1) is 15.2 Å². The summed E-state index contributed by atoms with van der Waals surface area (Å²) in [5.41, 5.74) is 2.39. The van der Waals surface area contributed by atoms with E-state index in [4.69, 9.17) is 0 Å². The maximum Gasteiger partial charge on any atom is 0.0907 e. The summed E-state index contributed by atoms with van der Waals surface area (Å²) in [7, 11) is 2.30. The van der Waals surface area contributed by atoms with Crippen LogP contribution in [0.2, 0.25) is 0 Å². The number of benzene rings is 1. The van der Waals surface area contributed by atoms with Crippen LogP contribution in [0.1, 0.15) is 30.7 Å². The molecule has 4 heteroatoms. The fourth-order valence-electron chi connectivity index (χ4n) is 3.89. The van der Waals surface area contributed by atoms with Gasteiger partial charge >= 0.3 is 0 Å². The van der Waals surface area contributed by atoms with E-state index in [1.54, 1.807) is 11.3 Å². The maximum absolute atomic E-state index is 4.53. The zero-order valence-corrected chi connectivity index (χ0v) is 12.9. The molecule has 3 heterocycles. The van der Waals surface area contributed by atoms with E-state index in [-0.39, 0.29) is 0 Å². The number of anilines is 1. The predicted molar refractivity (Wildman–Crippen MR) is 85.6 cm³/mol. The molecule has 0 amide bonds. The molecule has 2 aromatic rings. The average molecular weight is 287 g/mol. The number of fused-ring (bicyclic) bond motifs is 3. The number of aromatic nitrogens is 1. The van der Waals surface area contributed by atoms with Crippen LogP contribution >= 0.6 is 11.3 Å². The van der Waals surface area contributed by atoms with E-state index in [0.717, 1.165) is 22.6 Å². The molecule has 0 radical (unpaired) electrons. The topological polar surface area (TPSA) is 28.2 Å². The van der Waals surface area contributed by atoms with Crippen molar-refractivity contribution in [1.82, 2.24) is 9.88 Å². The number of nitrogens with one attached hydrogen (secondary N) is 1. The smallest absolute Gasteiger partial charge is 0.0907 e. The standard InChI is InChI=1S/C16H21N3S/c1-10-17-15-6-3-11(9-16(15)20-10)18-12-7-13-4-5-14(8-12)19(13)2/h3,6,9,12-14,18H,4-5,7-8H2,1-2H3. The van der Waals surface area contributed by atoms with Crippen LogP contribution in [-0.4, -0.2) is 35.1 Å². The summed E-state index contributed by atoms with van der Waals surface area (Å²) in [6.07, 6.45) is 5.33. The van der Waals surface area contributed by atoms with Crippen LogP contribution in [0.3, 0.4) is 0 Å². The van der Waals surface area contributed by atoms with E-state index >= 15 is 0 Å². The predicted octanol–water partition coefficient (Wildman–Crippen LogP) is 3.64. The van der Waals surface area contributed by atoms with E-state index in [9.17, 15) is 0 Å². The number of hydrogen-bond donors (Lipinski definition) is 1. The molecule has 2 fully saturated rings. The van der Waals surface area contributed by atoms with Gasteiger partial charge in [-0.3, -0.25) is 0 Å². The highest BCUT2D eigenvalue weighted by Crippen LogP contribution is 2.35. The molecule has 4 rings (SSSR count). The summed E-state index contributed by atoms with van der Waals surface area (Å²) in [4.78, 5) is 7.12. The Kier molecular flexibility index (Phi) is 2.97. The van der Waals surface area contributed by atoms with Crippen LogP contribution in [0.5, 0.6) is 0 Å². The van der Waals surface area contributed by atoms with Crippen LogP contribution in [0.25, 0.3) is 10.2 Å². The third-order valence-electron chi connectivity index (χ3n) is 4.96. The van der Waals surface area contributed by atoms with Gasteiger partial charge in [-0.2, -0.15) is 0 Å². The third-order valence-corrected chi connectivity index (χ3v) is 5.90. The van der Waals surface area contributed by atoms with Gasteiger partial charge in [0.2, 0.25) is 0 Å². The molecule has 2 saturated heterocycles. The Morgan fingerprint density at radius 3 is 2.75 bits per heavy atom. The molecular weight excluding hydrogens is 266 g/mol. The SMILES string of the molecule is Cc1nc2ccc(NC3CC4CCC(C3)N4C)cc2s1. The van der Waals surface area contributed by atoms with Crippen molar-refractivity contribution in [2.75, 3.05) is 12.4 Å². The average Bonchev–Trinajstić information content (AvgIpc) is 2.85. The summed E-state index contributed by atoms with van der Waals surface area (Å²) in [5, 5.41) is 4.90. The third kappa shape index (κ3) is 2.11. The lowest BCUT2D eigenvalue weighted by molar-refractivity contribution is 0.169. The monoisotopic (exact) mass is 287 g/mol. The van der Waals surface area contributed by atoms with Crippen molar-refractivity contribution >= 4 is 27.2 Å². The van der Waals surface area contributed by atoms with Gasteiger partial charge in [0.15, 0.2) is 0 Å². The number of nitrogens with zero attached hydrogens (tertiary/aromatic N) is 2. The first kappa shape index (κ1) is 12.6. The number of piperidine rings is 1. The van der Waals surface area contributed by atoms with Gasteiger partial charge in [-0.15, -0.1) is 11.3 Å². The number of thiazole rings is 1. The zero-order chi connectivity index (χ0) is 13.7. The van der Waals surface area contributed by atoms with Gasteiger partial charge in [-0.1, -0.05) is 0 Å². The van der Waals surface area contributed by atoms with E-state index in [1.807, 2.05) is 0 Å². The van der Waals surface area contributed by atoms with Gasteiger partial charge in [-0.25, -0.2) is 4.98 Å². The van der Waals surface area contributed by atoms with Gasteiger partial charge in [0, 0.05) is 23.8 Å². The van der Waals surface area contributed by atoms with Crippen molar-refractivity contribution in [2.45, 2.75) is 50.7 Å². The highest BCUT2D eigenvalue weighted by atomic mass is 32.1. The van der Waals surface area contributed by atoms with Crippen molar-refractivity contribution in [2.24, 2.45) is 0 Å². The fourth-order valence-corrected chi connectivity index (χ4v) is 4.76. The number of hydrogen-bond acceptors (Lipinski definition) is 4. The van der Waals surface area contributed by atoms with Crippen molar-refractivity contribution in [1.29, 1.82) is 0 Å². The molecule has 0 aliphatic carbocycles. The molecule has 1 N–H and O–H groups in total. The first-order chi connectivity index (χ1) is 9.69. The minimum absolute atomic E-state index is 0.634. The van der Waals surface area contributed by atoms with Crippen LogP contribution in [0.15, 0.2) is 18.2 Å². The summed E-state index contributed by atoms with van der Waals surface area (Å²) in [6, 6.07) is 8.81. The van der Waals surface area contributed by atoms with Gasteiger partial charge in [0.1, 0.15) is 0 Å². The normalized spacial score (nSPS) is 30.0. The summed E-state index contributed by atoms with van der Waals surface area (Å²) in [5.74, 6) is 0. The quantitative estimate of drug-likeness (QED) is 0.914. The van der Waals surface area contributed by atoms with Crippen molar-refractivity contribution in [3.05, 3.63) is 23.2 Å². The number of rotatable bonds is 2. The first-order valence-corrected chi connectivity index (χ1v) is 8.36. The van der Waals surface area contributed by atoms with Crippen molar-refractivity contribution in [3.63, 3.8) is 0 Å². The molecule has 2 atom stereocenters. The van der Waals surface area contributed by atoms with E-state index in [0.29, 0.717) is 6.04 Å². The Labute approximate surface area is 124 Å². The summed E-state index contributed by atoms with van der Waals surface area (Å²) >= 11 is 1.78. The second-order valence-corrected chi connectivity index (χ2v) is 7.51.